The third-order valence-electron chi connectivity index (χ3n) is 7.40. The van der Waals surface area contributed by atoms with Crippen molar-refractivity contribution >= 4 is 46.3 Å². The van der Waals surface area contributed by atoms with E-state index in [0.717, 1.165) is 42.1 Å². The highest BCUT2D eigenvalue weighted by Gasteiger charge is 2.47. The Morgan fingerprint density at radius 1 is 1.22 bits per heavy atom. The number of benzene rings is 1. The van der Waals surface area contributed by atoms with E-state index in [9.17, 15) is 14.4 Å². The molecule has 0 saturated heterocycles. The molecule has 4 N–H and O–H groups in total. The Morgan fingerprint density at radius 3 is 2.61 bits per heavy atom. The number of rotatable bonds is 7. The quantitative estimate of drug-likeness (QED) is 0.472. The van der Waals surface area contributed by atoms with Crippen LogP contribution in [0.15, 0.2) is 24.3 Å². The van der Waals surface area contributed by atoms with Gasteiger partial charge in [-0.15, -0.1) is 11.3 Å². The lowest BCUT2D eigenvalue weighted by Crippen LogP contribution is -2.65. The number of nitrogens with zero attached hydrogens (tertiary/aromatic N) is 3. The maximum absolute atomic E-state index is 12.9. The number of hydrogen-bond donors (Lipinski definition) is 3. The summed E-state index contributed by atoms with van der Waals surface area (Å²) >= 11 is 7.31. The number of quaternary nitrogens is 1. The largest absolute Gasteiger partial charge is 0.376 e. The molecule has 0 spiro atoms. The van der Waals surface area contributed by atoms with E-state index in [1.807, 2.05) is 12.1 Å². The molecule has 4 rings (SSSR count). The van der Waals surface area contributed by atoms with Gasteiger partial charge in [0.05, 0.1) is 36.8 Å². The van der Waals surface area contributed by atoms with Crippen LogP contribution in [0.1, 0.15) is 39.6 Å². The molecule has 0 radical (unpaired) electrons. The predicted octanol–water partition coefficient (Wildman–Crippen LogP) is 2.25. The van der Waals surface area contributed by atoms with Crippen LogP contribution in [0, 0.1) is 5.92 Å². The summed E-state index contributed by atoms with van der Waals surface area (Å²) in [6, 6.07) is 7.22. The van der Waals surface area contributed by atoms with Gasteiger partial charge in [0.1, 0.15) is 12.6 Å². The van der Waals surface area contributed by atoms with Crippen LogP contribution in [0.2, 0.25) is 5.02 Å². The predicted molar refractivity (Wildman–Crippen MR) is 141 cm³/mol. The standard InChI is InChI=1S/C25H33ClN6O3S/c1-31(2)25(35)15-4-9-18(29-22(33)13-28-17-7-5-16(26)6-8-17)20(12-15)32(3)11-10-19-21(14-32)36-24(30-19)23(27)34/h5-8,15,18,20,28H,4,9-14H2,1-3H3,(H2-,27,29,33,34)/p+1/t15-,18-,20+,32?/m0/s1. The van der Waals surface area contributed by atoms with Gasteiger partial charge in [0.25, 0.3) is 5.91 Å². The Kier molecular flexibility index (Phi) is 7.87. The molecule has 1 saturated carbocycles. The highest BCUT2D eigenvalue weighted by molar-refractivity contribution is 7.13. The van der Waals surface area contributed by atoms with Crippen LogP contribution in [0.5, 0.6) is 0 Å². The molecule has 1 aromatic carbocycles. The zero-order valence-electron chi connectivity index (χ0n) is 20.9. The van der Waals surface area contributed by atoms with Crippen LogP contribution in [-0.4, -0.2) is 78.4 Å². The van der Waals surface area contributed by atoms with Crippen molar-refractivity contribution in [2.24, 2.45) is 11.7 Å². The van der Waals surface area contributed by atoms with E-state index in [1.165, 1.54) is 11.3 Å². The summed E-state index contributed by atoms with van der Waals surface area (Å²) < 4.78 is 0.681. The minimum Gasteiger partial charge on any atom is -0.376 e. The van der Waals surface area contributed by atoms with E-state index in [1.54, 1.807) is 31.1 Å². The van der Waals surface area contributed by atoms with Crippen molar-refractivity contribution in [1.82, 2.24) is 15.2 Å². The molecule has 2 heterocycles. The fraction of sp³-hybridized carbons (Fsp3) is 0.520. The van der Waals surface area contributed by atoms with Gasteiger partial charge in [0.2, 0.25) is 11.8 Å². The molecule has 0 bridgehead atoms. The molecule has 1 fully saturated rings. The molecule has 1 aliphatic heterocycles. The summed E-state index contributed by atoms with van der Waals surface area (Å²) in [6.45, 7) is 1.66. The highest BCUT2D eigenvalue weighted by Crippen LogP contribution is 2.37. The van der Waals surface area contributed by atoms with Crippen molar-refractivity contribution in [3.63, 3.8) is 0 Å². The lowest BCUT2D eigenvalue weighted by molar-refractivity contribution is -0.950. The van der Waals surface area contributed by atoms with Crippen LogP contribution in [0.4, 0.5) is 5.69 Å². The Labute approximate surface area is 220 Å². The first-order valence-electron chi connectivity index (χ1n) is 12.2. The van der Waals surface area contributed by atoms with Crippen LogP contribution in [0.25, 0.3) is 0 Å². The van der Waals surface area contributed by atoms with Crippen LogP contribution in [0.3, 0.4) is 0 Å². The molecular weight excluding hydrogens is 500 g/mol. The van der Waals surface area contributed by atoms with Gasteiger partial charge in [-0.3, -0.25) is 14.4 Å². The van der Waals surface area contributed by atoms with Gasteiger partial charge in [-0.1, -0.05) is 11.6 Å². The number of amides is 3. The molecule has 1 aromatic heterocycles. The number of carbonyl (C=O) groups excluding carboxylic acids is 3. The summed E-state index contributed by atoms with van der Waals surface area (Å²) in [5, 5.41) is 7.39. The number of carbonyl (C=O) groups is 3. The second-order valence-electron chi connectivity index (χ2n) is 10.2. The van der Waals surface area contributed by atoms with Gasteiger partial charge in [-0.25, -0.2) is 4.98 Å². The van der Waals surface area contributed by atoms with Crippen molar-refractivity contribution in [2.75, 3.05) is 39.5 Å². The lowest BCUT2D eigenvalue weighted by Gasteiger charge is -2.49. The number of halogens is 1. The molecule has 9 nitrogen and oxygen atoms in total. The number of nitrogens with one attached hydrogen (secondary N) is 2. The molecule has 2 aromatic rings. The number of hydrogen-bond acceptors (Lipinski definition) is 6. The smallest absolute Gasteiger partial charge is 0.277 e. The zero-order valence-corrected chi connectivity index (χ0v) is 22.5. The second-order valence-corrected chi connectivity index (χ2v) is 11.7. The number of thiazole rings is 1. The minimum atomic E-state index is -0.503. The normalized spacial score (nSPS) is 25.5. The molecule has 11 heteroatoms. The van der Waals surface area contributed by atoms with Crippen LogP contribution in [-0.2, 0) is 22.6 Å². The Morgan fingerprint density at radius 2 is 1.94 bits per heavy atom. The maximum atomic E-state index is 12.9. The average Bonchev–Trinajstić information content (AvgIpc) is 3.27. The molecule has 4 atom stereocenters. The van der Waals surface area contributed by atoms with E-state index in [-0.39, 0.29) is 36.4 Å². The summed E-state index contributed by atoms with van der Waals surface area (Å²) in [7, 11) is 5.77. The van der Waals surface area contributed by atoms with Crippen LogP contribution >= 0.6 is 22.9 Å². The molecule has 36 heavy (non-hydrogen) atoms. The molecule has 194 valence electrons. The number of primary amides is 1. The fourth-order valence-electron chi connectivity index (χ4n) is 5.46. The molecule has 1 aliphatic carbocycles. The minimum absolute atomic E-state index is 0.0550. The van der Waals surface area contributed by atoms with Gasteiger partial charge >= 0.3 is 0 Å². The topological polar surface area (TPSA) is 117 Å². The highest BCUT2D eigenvalue weighted by atomic mass is 35.5. The first kappa shape index (κ1) is 26.4. The number of anilines is 1. The third kappa shape index (κ3) is 5.82. The number of likely N-dealkylation sites (N-methyl/N-ethyl adjacent to an activating group) is 1. The first-order valence-corrected chi connectivity index (χ1v) is 13.4. The van der Waals surface area contributed by atoms with Gasteiger partial charge in [0.15, 0.2) is 5.01 Å². The summed E-state index contributed by atoms with van der Waals surface area (Å²) in [6.07, 6.45) is 2.90. The fourth-order valence-corrected chi connectivity index (χ4v) is 6.70. The molecular formula is C25H34ClN6O3S+. The van der Waals surface area contributed by atoms with Gasteiger partial charge in [-0.2, -0.15) is 0 Å². The Balaban J connectivity index is 1.50. The van der Waals surface area contributed by atoms with E-state index >= 15 is 0 Å². The third-order valence-corrected chi connectivity index (χ3v) is 8.75. The number of aromatic nitrogens is 1. The van der Waals surface area contributed by atoms with Gasteiger partial charge in [0, 0.05) is 43.6 Å². The second kappa shape index (κ2) is 10.7. The summed E-state index contributed by atoms with van der Waals surface area (Å²) in [5.74, 6) is -0.539. The number of fused-ring (bicyclic) bond motifs is 1. The van der Waals surface area contributed by atoms with Crippen molar-refractivity contribution in [2.45, 2.75) is 44.3 Å². The number of nitrogens with two attached hydrogens (primary N) is 1. The van der Waals surface area contributed by atoms with E-state index < -0.39 is 5.91 Å². The summed E-state index contributed by atoms with van der Waals surface area (Å²) in [4.78, 5) is 44.7. The lowest BCUT2D eigenvalue weighted by atomic mass is 9.79. The Bertz CT molecular complexity index is 1140. The van der Waals surface area contributed by atoms with Crippen LogP contribution < -0.4 is 16.4 Å². The van der Waals surface area contributed by atoms with E-state index in [2.05, 4.69) is 22.7 Å². The van der Waals surface area contributed by atoms with E-state index in [4.69, 9.17) is 17.3 Å². The molecule has 1 unspecified atom stereocenters. The zero-order chi connectivity index (χ0) is 26.0. The van der Waals surface area contributed by atoms with Crippen molar-refractivity contribution in [3.8, 4) is 0 Å². The maximum Gasteiger partial charge on any atom is 0.277 e. The summed E-state index contributed by atoms with van der Waals surface area (Å²) in [5.41, 5.74) is 7.23. The Hall–Kier alpha value is -2.69. The monoisotopic (exact) mass is 533 g/mol. The van der Waals surface area contributed by atoms with Crippen molar-refractivity contribution in [3.05, 3.63) is 44.9 Å². The average molecular weight is 534 g/mol. The van der Waals surface area contributed by atoms with Crippen molar-refractivity contribution in [1.29, 1.82) is 0 Å². The SMILES string of the molecule is CN(C)C(=O)[C@H]1CC[C@H](NC(=O)CNc2ccc(Cl)cc2)[C@H]([N+]2(C)CCc3nc(C(N)=O)sc3C2)C1. The van der Waals surface area contributed by atoms with Crippen molar-refractivity contribution < 1.29 is 18.9 Å². The first-order chi connectivity index (χ1) is 17.1. The van der Waals surface area contributed by atoms with E-state index in [0.29, 0.717) is 27.5 Å². The molecule has 3 amide bonds. The van der Waals surface area contributed by atoms with Gasteiger partial charge < -0.3 is 25.8 Å². The van der Waals surface area contributed by atoms with Gasteiger partial charge in [-0.05, 0) is 37.1 Å². The molecule has 2 aliphatic rings.